The lowest BCUT2D eigenvalue weighted by Gasteiger charge is -2.25. The molecule has 0 aliphatic heterocycles. The minimum atomic E-state index is -4.32. The molecule has 0 heterocycles. The van der Waals surface area contributed by atoms with Gasteiger partial charge < -0.3 is 10.4 Å². The maximum absolute atomic E-state index is 12.7. The number of aliphatic carboxylic acids is 1. The highest BCUT2D eigenvalue weighted by Gasteiger charge is 2.52. The molecule has 0 aromatic heterocycles. The van der Waals surface area contributed by atoms with Crippen LogP contribution in [0, 0.1) is 23.7 Å². The third-order valence-electron chi connectivity index (χ3n) is 3.86. The van der Waals surface area contributed by atoms with E-state index in [0.29, 0.717) is 6.42 Å². The van der Waals surface area contributed by atoms with E-state index in [1.165, 1.54) is 0 Å². The van der Waals surface area contributed by atoms with Crippen LogP contribution in [0.1, 0.15) is 6.42 Å². The van der Waals surface area contributed by atoms with E-state index in [1.807, 2.05) is 0 Å². The summed E-state index contributed by atoms with van der Waals surface area (Å²) in [7, 11) is 0. The third-order valence-corrected chi connectivity index (χ3v) is 3.86. The number of rotatable bonds is 5. The first-order valence-corrected chi connectivity index (χ1v) is 6.09. The zero-order valence-corrected chi connectivity index (χ0v) is 10.2. The van der Waals surface area contributed by atoms with E-state index in [1.54, 1.807) is 17.5 Å². The largest absolute Gasteiger partial charge is 0.481 e. The number of allylic oxidation sites excluding steroid dienone is 2. The second-order valence-electron chi connectivity index (χ2n) is 5.12. The normalized spacial score (nSPS) is 31.9. The first-order chi connectivity index (χ1) is 9.24. The van der Waals surface area contributed by atoms with E-state index in [-0.39, 0.29) is 11.8 Å². The molecule has 0 radical (unpaired) electrons. The van der Waals surface area contributed by atoms with Crippen LogP contribution in [-0.4, -0.2) is 35.9 Å². The molecule has 0 aromatic carbocycles. The van der Waals surface area contributed by atoms with Gasteiger partial charge in [0.1, 0.15) is 0 Å². The number of carboxylic acids is 1. The Hall–Kier alpha value is -1.60. The minimum absolute atomic E-state index is 0.302. The molecule has 2 unspecified atom stereocenters. The molecule has 2 rings (SSSR count). The van der Waals surface area contributed by atoms with Crippen LogP contribution >= 0.6 is 0 Å². The predicted molar refractivity (Wildman–Crippen MR) is 59.3 cm³/mol. The number of nitrogens with one attached hydrogen (secondary N) is 1. The summed E-state index contributed by atoms with van der Waals surface area (Å²) in [6, 6.07) is 0. The fraction of sp³-hybridized carbons (Fsp3) is 0.667. The highest BCUT2D eigenvalue weighted by Crippen LogP contribution is 2.48. The molecule has 1 fully saturated rings. The van der Waals surface area contributed by atoms with Crippen molar-refractivity contribution in [3.05, 3.63) is 12.2 Å². The van der Waals surface area contributed by atoms with Crippen molar-refractivity contribution < 1.29 is 32.3 Å². The van der Waals surface area contributed by atoms with Crippen LogP contribution in [0.2, 0.25) is 0 Å². The molecule has 2 aliphatic rings. The molecule has 1 saturated carbocycles. The topological polar surface area (TPSA) is 66.4 Å². The SMILES string of the molecule is O=C(O)[C@@H]1C2C=CC(C2)[C@@H]1C(=O)NCC(F)(F)C(F)F. The standard InChI is InChI=1S/C12H13F4NO3/c13-11(14)12(15,16)4-17-9(18)7-5-1-2-6(3-5)8(7)10(19)20/h1-2,5-8,11H,3-4H2,(H,17,18)(H,19,20)/t5?,6?,7-,8+/m0/s1. The molecule has 4 nitrogen and oxygen atoms in total. The van der Waals surface area contributed by atoms with Crippen LogP contribution in [0.5, 0.6) is 0 Å². The van der Waals surface area contributed by atoms with Gasteiger partial charge in [0.25, 0.3) is 0 Å². The zero-order chi connectivity index (χ0) is 15.1. The van der Waals surface area contributed by atoms with Crippen molar-refractivity contribution in [3.8, 4) is 0 Å². The lowest BCUT2D eigenvalue weighted by Crippen LogP contribution is -2.46. The summed E-state index contributed by atoms with van der Waals surface area (Å²) in [4.78, 5) is 23.0. The zero-order valence-electron chi connectivity index (χ0n) is 10.2. The summed E-state index contributed by atoms with van der Waals surface area (Å²) in [5.74, 6) is -8.99. The highest BCUT2D eigenvalue weighted by molar-refractivity contribution is 5.86. The highest BCUT2D eigenvalue weighted by atomic mass is 19.3. The molecule has 0 aromatic rings. The molecule has 0 spiro atoms. The summed E-state index contributed by atoms with van der Waals surface area (Å²) in [6.45, 7) is -1.49. The van der Waals surface area contributed by atoms with E-state index in [9.17, 15) is 27.2 Å². The van der Waals surface area contributed by atoms with Gasteiger partial charge in [0.05, 0.1) is 18.4 Å². The average molecular weight is 295 g/mol. The molecule has 2 bridgehead atoms. The number of halogens is 4. The Balaban J connectivity index is 2.02. The van der Waals surface area contributed by atoms with Gasteiger partial charge in [-0.15, -0.1) is 0 Å². The Kier molecular flexibility index (Phi) is 3.75. The van der Waals surface area contributed by atoms with Crippen LogP contribution in [0.4, 0.5) is 17.6 Å². The molecule has 112 valence electrons. The number of carboxylic acid groups (broad SMARTS) is 1. The summed E-state index contributed by atoms with van der Waals surface area (Å²) < 4.78 is 49.5. The number of carbonyl (C=O) groups excluding carboxylic acids is 1. The predicted octanol–water partition coefficient (Wildman–Crippen LogP) is 1.53. The Bertz CT molecular complexity index is 452. The molecule has 20 heavy (non-hydrogen) atoms. The van der Waals surface area contributed by atoms with E-state index in [2.05, 4.69) is 0 Å². The van der Waals surface area contributed by atoms with Crippen LogP contribution < -0.4 is 5.32 Å². The Labute approximate surface area is 111 Å². The number of fused-ring (bicyclic) bond motifs is 2. The van der Waals surface area contributed by atoms with Crippen molar-refractivity contribution in [1.82, 2.24) is 5.32 Å². The van der Waals surface area contributed by atoms with Gasteiger partial charge in [0.15, 0.2) is 0 Å². The van der Waals surface area contributed by atoms with Crippen molar-refractivity contribution in [2.75, 3.05) is 6.54 Å². The van der Waals surface area contributed by atoms with Gasteiger partial charge in [0, 0.05) is 0 Å². The van der Waals surface area contributed by atoms with E-state index in [0.717, 1.165) is 0 Å². The molecule has 8 heteroatoms. The number of carbonyl (C=O) groups is 2. The number of hydrogen-bond donors (Lipinski definition) is 2. The quantitative estimate of drug-likeness (QED) is 0.597. The van der Waals surface area contributed by atoms with Gasteiger partial charge in [-0.25, -0.2) is 8.78 Å². The minimum Gasteiger partial charge on any atom is -0.481 e. The van der Waals surface area contributed by atoms with Gasteiger partial charge in [-0.1, -0.05) is 12.2 Å². The first-order valence-electron chi connectivity index (χ1n) is 6.09. The van der Waals surface area contributed by atoms with Gasteiger partial charge >= 0.3 is 18.3 Å². The van der Waals surface area contributed by atoms with Gasteiger partial charge in [0.2, 0.25) is 5.91 Å². The van der Waals surface area contributed by atoms with Crippen LogP contribution in [0.15, 0.2) is 12.2 Å². The fourth-order valence-electron chi connectivity index (χ4n) is 2.92. The monoisotopic (exact) mass is 295 g/mol. The van der Waals surface area contributed by atoms with Crippen LogP contribution in [0.25, 0.3) is 0 Å². The van der Waals surface area contributed by atoms with Crippen molar-refractivity contribution >= 4 is 11.9 Å². The molecule has 2 aliphatic carbocycles. The van der Waals surface area contributed by atoms with Crippen molar-refractivity contribution in [1.29, 1.82) is 0 Å². The molecule has 1 amide bonds. The van der Waals surface area contributed by atoms with Gasteiger partial charge in [-0.3, -0.25) is 9.59 Å². The first kappa shape index (κ1) is 14.8. The van der Waals surface area contributed by atoms with E-state index in [4.69, 9.17) is 5.11 Å². The summed E-state index contributed by atoms with van der Waals surface area (Å²) in [5.41, 5.74) is 0. The molecular weight excluding hydrogens is 282 g/mol. The third kappa shape index (κ3) is 2.51. The maximum atomic E-state index is 12.7. The van der Waals surface area contributed by atoms with Gasteiger partial charge in [-0.2, -0.15) is 8.78 Å². The lowest BCUT2D eigenvalue weighted by molar-refractivity contribution is -0.150. The van der Waals surface area contributed by atoms with Crippen LogP contribution in [-0.2, 0) is 9.59 Å². The second kappa shape index (κ2) is 5.06. The van der Waals surface area contributed by atoms with Crippen molar-refractivity contribution in [2.24, 2.45) is 23.7 Å². The number of alkyl halides is 4. The second-order valence-corrected chi connectivity index (χ2v) is 5.12. The molecule has 4 atom stereocenters. The van der Waals surface area contributed by atoms with E-state index >= 15 is 0 Å². The molecule has 2 N–H and O–H groups in total. The fourth-order valence-corrected chi connectivity index (χ4v) is 2.92. The Morgan fingerprint density at radius 2 is 1.80 bits per heavy atom. The van der Waals surface area contributed by atoms with Crippen molar-refractivity contribution in [2.45, 2.75) is 18.8 Å². The number of amides is 1. The number of hydrogen-bond acceptors (Lipinski definition) is 2. The van der Waals surface area contributed by atoms with Crippen molar-refractivity contribution in [3.63, 3.8) is 0 Å². The lowest BCUT2D eigenvalue weighted by atomic mass is 9.82. The maximum Gasteiger partial charge on any atom is 0.324 e. The average Bonchev–Trinajstić information content (AvgIpc) is 2.95. The molecule has 0 saturated heterocycles. The van der Waals surface area contributed by atoms with Gasteiger partial charge in [-0.05, 0) is 18.3 Å². The summed E-state index contributed by atoms with van der Waals surface area (Å²) in [5, 5.41) is 10.8. The Morgan fingerprint density at radius 1 is 1.25 bits per heavy atom. The Morgan fingerprint density at radius 3 is 2.30 bits per heavy atom. The van der Waals surface area contributed by atoms with Crippen LogP contribution in [0.3, 0.4) is 0 Å². The molecular formula is C12H13F4NO3. The summed E-state index contributed by atoms with van der Waals surface area (Å²) in [6.07, 6.45) is -0.0287. The smallest absolute Gasteiger partial charge is 0.324 e. The summed E-state index contributed by atoms with van der Waals surface area (Å²) >= 11 is 0. The van der Waals surface area contributed by atoms with E-state index < -0.39 is 42.6 Å².